The molecule has 0 fully saturated rings. The van der Waals surface area contributed by atoms with Gasteiger partial charge >= 0.3 is 5.97 Å². The number of rotatable bonds is 10. The van der Waals surface area contributed by atoms with E-state index in [2.05, 4.69) is 15.8 Å². The van der Waals surface area contributed by atoms with Crippen molar-refractivity contribution in [2.75, 3.05) is 20.3 Å². The summed E-state index contributed by atoms with van der Waals surface area (Å²) in [5, 5.41) is 8.27. The van der Waals surface area contributed by atoms with E-state index < -0.39 is 11.9 Å². The van der Waals surface area contributed by atoms with Gasteiger partial charge in [0.15, 0.2) is 11.5 Å². The number of ether oxygens (including phenoxy) is 3. The Morgan fingerprint density at radius 3 is 2.44 bits per heavy atom. The Labute approximate surface area is 225 Å². The fraction of sp³-hybridized carbons (Fsp3) is 0.133. The van der Waals surface area contributed by atoms with E-state index in [0.717, 1.165) is 10.8 Å². The molecule has 0 bridgehead atoms. The van der Waals surface area contributed by atoms with Crippen LogP contribution in [0, 0.1) is 0 Å². The first-order chi connectivity index (χ1) is 19.0. The van der Waals surface area contributed by atoms with Gasteiger partial charge in [0, 0.05) is 5.56 Å². The molecular weight excluding hydrogens is 498 g/mol. The standard InChI is InChI=1S/C30H27N3O6/c1-3-38-23-14-12-22(13-15-23)30(36)39-26-16-11-20(17-27(26)37-2)18-32-33-28(34)19-31-29(35)25-10-6-8-21-7-4-5-9-24(21)25/h4-18H,3,19H2,1-2H3,(H,31,35)(H,33,34). The first-order valence-electron chi connectivity index (χ1n) is 12.2. The van der Waals surface area contributed by atoms with Crippen molar-refractivity contribution in [3.05, 3.63) is 102 Å². The molecule has 4 aromatic carbocycles. The summed E-state index contributed by atoms with van der Waals surface area (Å²) in [5.41, 5.74) is 3.81. The number of hydrogen-bond acceptors (Lipinski definition) is 7. The molecule has 2 amide bonds. The van der Waals surface area contributed by atoms with E-state index in [1.807, 2.05) is 37.3 Å². The zero-order chi connectivity index (χ0) is 27.6. The summed E-state index contributed by atoms with van der Waals surface area (Å²) in [5.74, 6) is -0.190. The van der Waals surface area contributed by atoms with Gasteiger partial charge in [-0.15, -0.1) is 0 Å². The average molecular weight is 526 g/mol. The van der Waals surface area contributed by atoms with Crippen molar-refractivity contribution in [3.63, 3.8) is 0 Å². The van der Waals surface area contributed by atoms with Gasteiger partial charge < -0.3 is 19.5 Å². The third-order valence-corrected chi connectivity index (χ3v) is 5.64. The van der Waals surface area contributed by atoms with Crippen LogP contribution in [0.25, 0.3) is 10.8 Å². The molecule has 0 atom stereocenters. The summed E-state index contributed by atoms with van der Waals surface area (Å²) in [4.78, 5) is 37.3. The average Bonchev–Trinajstić information content (AvgIpc) is 2.96. The van der Waals surface area contributed by atoms with Crippen molar-refractivity contribution < 1.29 is 28.6 Å². The summed E-state index contributed by atoms with van der Waals surface area (Å²) < 4.78 is 16.2. The second kappa shape index (κ2) is 12.9. The van der Waals surface area contributed by atoms with E-state index in [1.54, 1.807) is 54.6 Å². The maximum absolute atomic E-state index is 12.6. The van der Waals surface area contributed by atoms with Crippen LogP contribution in [0.3, 0.4) is 0 Å². The summed E-state index contributed by atoms with van der Waals surface area (Å²) in [6.07, 6.45) is 1.41. The molecule has 39 heavy (non-hydrogen) atoms. The zero-order valence-electron chi connectivity index (χ0n) is 21.5. The number of hydrogen-bond donors (Lipinski definition) is 2. The Morgan fingerprint density at radius 2 is 1.67 bits per heavy atom. The predicted molar refractivity (Wildman–Crippen MR) is 148 cm³/mol. The second-order valence-electron chi connectivity index (χ2n) is 8.26. The van der Waals surface area contributed by atoms with E-state index in [1.165, 1.54) is 13.3 Å². The van der Waals surface area contributed by atoms with Crippen molar-refractivity contribution in [2.45, 2.75) is 6.92 Å². The lowest BCUT2D eigenvalue weighted by atomic mass is 10.0. The summed E-state index contributed by atoms with van der Waals surface area (Å²) in [6.45, 7) is 2.16. The number of hydrazone groups is 1. The molecule has 0 aliphatic carbocycles. The molecule has 0 saturated carbocycles. The van der Waals surface area contributed by atoms with Crippen molar-refractivity contribution in [1.82, 2.24) is 10.7 Å². The van der Waals surface area contributed by atoms with Crippen LogP contribution in [0.2, 0.25) is 0 Å². The number of amides is 2. The van der Waals surface area contributed by atoms with Crippen molar-refractivity contribution in [1.29, 1.82) is 0 Å². The van der Waals surface area contributed by atoms with Crippen LogP contribution in [0.15, 0.2) is 90.0 Å². The highest BCUT2D eigenvalue weighted by Gasteiger charge is 2.14. The van der Waals surface area contributed by atoms with Gasteiger partial charge in [-0.2, -0.15) is 5.10 Å². The number of nitrogens with zero attached hydrogens (tertiary/aromatic N) is 1. The minimum absolute atomic E-state index is 0.230. The Morgan fingerprint density at radius 1 is 0.897 bits per heavy atom. The largest absolute Gasteiger partial charge is 0.494 e. The third-order valence-electron chi connectivity index (χ3n) is 5.64. The minimum Gasteiger partial charge on any atom is -0.494 e. The summed E-state index contributed by atoms with van der Waals surface area (Å²) >= 11 is 0. The molecule has 0 aromatic heterocycles. The molecule has 9 heteroatoms. The van der Waals surface area contributed by atoms with Crippen LogP contribution in [0.1, 0.15) is 33.2 Å². The molecule has 0 radical (unpaired) electrons. The molecule has 0 unspecified atom stereocenters. The van der Waals surface area contributed by atoms with E-state index in [0.29, 0.717) is 34.8 Å². The Balaban J connectivity index is 1.31. The maximum atomic E-state index is 12.6. The number of carbonyl (C=O) groups is 3. The molecular formula is C30H27N3O6. The fourth-order valence-electron chi connectivity index (χ4n) is 3.76. The van der Waals surface area contributed by atoms with Gasteiger partial charge in [-0.3, -0.25) is 9.59 Å². The summed E-state index contributed by atoms with van der Waals surface area (Å²) in [6, 6.07) is 24.4. The molecule has 4 rings (SSSR count). The molecule has 9 nitrogen and oxygen atoms in total. The normalized spacial score (nSPS) is 10.7. The Kier molecular flexibility index (Phi) is 8.87. The first kappa shape index (κ1) is 26.9. The van der Waals surface area contributed by atoms with Gasteiger partial charge in [-0.25, -0.2) is 10.2 Å². The molecule has 198 valence electrons. The summed E-state index contributed by atoms with van der Waals surface area (Å²) in [7, 11) is 1.45. The smallest absolute Gasteiger partial charge is 0.343 e. The topological polar surface area (TPSA) is 115 Å². The lowest BCUT2D eigenvalue weighted by Crippen LogP contribution is -2.35. The SMILES string of the molecule is CCOc1ccc(C(=O)Oc2ccc(C=NNC(=O)CNC(=O)c3cccc4ccccc34)cc2OC)cc1. The number of carbonyl (C=O) groups excluding carboxylic acids is 3. The number of nitrogens with one attached hydrogen (secondary N) is 2. The number of methoxy groups -OCH3 is 1. The van der Waals surface area contributed by atoms with E-state index in [-0.39, 0.29) is 18.2 Å². The number of fused-ring (bicyclic) bond motifs is 1. The third kappa shape index (κ3) is 6.98. The maximum Gasteiger partial charge on any atom is 0.343 e. The van der Waals surface area contributed by atoms with Gasteiger partial charge in [0.25, 0.3) is 11.8 Å². The molecule has 0 saturated heterocycles. The van der Waals surface area contributed by atoms with Crippen molar-refractivity contribution in [2.24, 2.45) is 5.10 Å². The molecule has 0 aliphatic rings. The van der Waals surface area contributed by atoms with Gasteiger partial charge in [0.1, 0.15) is 5.75 Å². The van der Waals surface area contributed by atoms with Crippen LogP contribution in [0.4, 0.5) is 0 Å². The molecule has 0 aliphatic heterocycles. The lowest BCUT2D eigenvalue weighted by molar-refractivity contribution is -0.120. The zero-order valence-corrected chi connectivity index (χ0v) is 21.5. The Hall–Kier alpha value is -5.18. The van der Waals surface area contributed by atoms with E-state index in [4.69, 9.17) is 14.2 Å². The Bertz CT molecular complexity index is 1510. The van der Waals surface area contributed by atoms with Crippen molar-refractivity contribution in [3.8, 4) is 17.2 Å². The van der Waals surface area contributed by atoms with Gasteiger partial charge in [-0.1, -0.05) is 36.4 Å². The van der Waals surface area contributed by atoms with Gasteiger partial charge in [0.2, 0.25) is 0 Å². The van der Waals surface area contributed by atoms with Crippen molar-refractivity contribution >= 4 is 34.8 Å². The number of esters is 1. The van der Waals surface area contributed by atoms with Crippen LogP contribution < -0.4 is 25.0 Å². The first-order valence-corrected chi connectivity index (χ1v) is 12.2. The van der Waals surface area contributed by atoms with Gasteiger partial charge in [-0.05, 0) is 71.8 Å². The fourth-order valence-corrected chi connectivity index (χ4v) is 3.76. The second-order valence-corrected chi connectivity index (χ2v) is 8.26. The van der Waals surface area contributed by atoms with Crippen LogP contribution >= 0.6 is 0 Å². The number of benzene rings is 4. The lowest BCUT2D eigenvalue weighted by Gasteiger charge is -2.10. The quantitative estimate of drug-likeness (QED) is 0.138. The minimum atomic E-state index is -0.546. The van der Waals surface area contributed by atoms with Gasteiger partial charge in [0.05, 0.1) is 32.0 Å². The van der Waals surface area contributed by atoms with E-state index >= 15 is 0 Å². The van der Waals surface area contributed by atoms with E-state index in [9.17, 15) is 14.4 Å². The predicted octanol–water partition coefficient (Wildman–Crippen LogP) is 4.35. The monoisotopic (exact) mass is 525 g/mol. The highest BCUT2D eigenvalue weighted by atomic mass is 16.6. The molecule has 0 spiro atoms. The van der Waals surface area contributed by atoms with Crippen LogP contribution in [-0.2, 0) is 4.79 Å². The highest BCUT2D eigenvalue weighted by Crippen LogP contribution is 2.28. The van der Waals surface area contributed by atoms with Crippen LogP contribution in [0.5, 0.6) is 17.2 Å². The highest BCUT2D eigenvalue weighted by molar-refractivity contribution is 6.07. The molecule has 4 aromatic rings. The molecule has 2 N–H and O–H groups in total. The molecule has 0 heterocycles. The van der Waals surface area contributed by atoms with Crippen LogP contribution in [-0.4, -0.2) is 44.3 Å².